The van der Waals surface area contributed by atoms with E-state index in [9.17, 15) is 0 Å². The van der Waals surface area contributed by atoms with Gasteiger partial charge in [-0.15, -0.1) is 0 Å². The molecule has 0 saturated heterocycles. The normalized spacial score (nSPS) is 59.9. The zero-order chi connectivity index (χ0) is 17.6. The summed E-state index contributed by atoms with van der Waals surface area (Å²) in [4.78, 5) is 0. The van der Waals surface area contributed by atoms with Crippen molar-refractivity contribution in [2.24, 2.45) is 51.8 Å². The van der Waals surface area contributed by atoms with Crippen LogP contribution >= 0.6 is 0 Å². The summed E-state index contributed by atoms with van der Waals surface area (Å²) in [6.45, 7) is 4.58. The Kier molecular flexibility index (Phi) is 3.35. The molecule has 0 radical (unpaired) electrons. The molecule has 0 aromatic heterocycles. The van der Waals surface area contributed by atoms with E-state index >= 15 is 0 Å². The van der Waals surface area contributed by atoms with Crippen molar-refractivity contribution in [2.45, 2.75) is 84.5 Å². The molecular formula is C26H38. The fourth-order valence-electron chi connectivity index (χ4n) is 11.1. The fourth-order valence-corrected chi connectivity index (χ4v) is 11.1. The molecule has 8 aliphatic rings. The van der Waals surface area contributed by atoms with Gasteiger partial charge in [0.1, 0.15) is 0 Å². The SMILES string of the molecule is CC=CC12CC3CC(C1)CC(C1C4CC5CC(C4)CC1(C=CC)C5)(C3)C2. The van der Waals surface area contributed by atoms with Crippen molar-refractivity contribution in [1.29, 1.82) is 0 Å². The molecule has 0 nitrogen and oxygen atoms in total. The van der Waals surface area contributed by atoms with E-state index in [0.29, 0.717) is 16.2 Å². The smallest absolute Gasteiger partial charge is 0.00769 e. The molecule has 5 atom stereocenters. The van der Waals surface area contributed by atoms with E-state index < -0.39 is 0 Å². The third-order valence-corrected chi connectivity index (χ3v) is 10.2. The van der Waals surface area contributed by atoms with Crippen LogP contribution in [0.4, 0.5) is 0 Å². The summed E-state index contributed by atoms with van der Waals surface area (Å²) >= 11 is 0. The van der Waals surface area contributed by atoms with Gasteiger partial charge in [-0.2, -0.15) is 0 Å². The van der Waals surface area contributed by atoms with E-state index in [1.807, 2.05) is 0 Å². The zero-order valence-corrected chi connectivity index (χ0v) is 17.1. The Hall–Kier alpha value is -0.520. The minimum absolute atomic E-state index is 0.588. The van der Waals surface area contributed by atoms with Crippen molar-refractivity contribution in [3.63, 3.8) is 0 Å². The lowest BCUT2D eigenvalue weighted by atomic mass is 9.33. The van der Waals surface area contributed by atoms with Crippen LogP contribution in [0.5, 0.6) is 0 Å². The zero-order valence-electron chi connectivity index (χ0n) is 17.1. The van der Waals surface area contributed by atoms with Gasteiger partial charge >= 0.3 is 0 Å². The number of hydrogen-bond acceptors (Lipinski definition) is 0. The number of rotatable bonds is 3. The van der Waals surface area contributed by atoms with Crippen LogP contribution in [0.25, 0.3) is 0 Å². The standard InChI is InChI=1S/C26H38/c1-3-5-24-11-20-8-21(12-24)16-26(15-20,17-24)23-22-9-18-7-19(10-22)14-25(23,13-18)6-4-2/h3-6,18-23H,7-17H2,1-2H3. The van der Waals surface area contributed by atoms with Crippen molar-refractivity contribution >= 4 is 0 Å². The van der Waals surface area contributed by atoms with Gasteiger partial charge in [0.25, 0.3) is 0 Å². The van der Waals surface area contributed by atoms with Gasteiger partial charge in [-0.3, -0.25) is 0 Å². The van der Waals surface area contributed by atoms with Crippen LogP contribution in [0.15, 0.2) is 24.3 Å². The first-order valence-corrected chi connectivity index (χ1v) is 11.9. The first-order chi connectivity index (χ1) is 12.6. The molecule has 8 saturated carbocycles. The minimum Gasteiger partial charge on any atom is -0.0911 e. The molecule has 0 heterocycles. The highest BCUT2D eigenvalue weighted by Gasteiger charge is 2.67. The van der Waals surface area contributed by atoms with E-state index in [1.165, 1.54) is 12.8 Å². The van der Waals surface area contributed by atoms with Crippen LogP contribution in [-0.4, -0.2) is 0 Å². The van der Waals surface area contributed by atoms with E-state index in [1.54, 1.807) is 57.8 Å². The van der Waals surface area contributed by atoms with Crippen molar-refractivity contribution < 1.29 is 0 Å². The summed E-state index contributed by atoms with van der Waals surface area (Å²) < 4.78 is 0. The molecule has 8 bridgehead atoms. The molecule has 142 valence electrons. The van der Waals surface area contributed by atoms with Gasteiger partial charge in [0.2, 0.25) is 0 Å². The molecular weight excluding hydrogens is 312 g/mol. The van der Waals surface area contributed by atoms with Crippen LogP contribution in [0.3, 0.4) is 0 Å². The summed E-state index contributed by atoms with van der Waals surface area (Å²) in [6.07, 6.45) is 27.5. The Labute approximate surface area is 160 Å². The Morgan fingerprint density at radius 1 is 0.654 bits per heavy atom. The summed E-state index contributed by atoms with van der Waals surface area (Å²) in [5.41, 5.74) is 1.87. The molecule has 8 fully saturated rings. The Balaban J connectivity index is 1.45. The van der Waals surface area contributed by atoms with E-state index in [4.69, 9.17) is 0 Å². The van der Waals surface area contributed by atoms with Gasteiger partial charge in [0.05, 0.1) is 0 Å². The predicted octanol–water partition coefficient (Wildman–Crippen LogP) is 7.17. The average molecular weight is 351 g/mol. The third kappa shape index (κ3) is 2.08. The summed E-state index contributed by atoms with van der Waals surface area (Å²) in [7, 11) is 0. The quantitative estimate of drug-likeness (QED) is 0.473. The number of hydrogen-bond donors (Lipinski definition) is 0. The van der Waals surface area contributed by atoms with Crippen molar-refractivity contribution in [2.75, 3.05) is 0 Å². The van der Waals surface area contributed by atoms with Gasteiger partial charge in [-0.25, -0.2) is 0 Å². The second kappa shape index (κ2) is 5.30. The lowest BCUT2D eigenvalue weighted by molar-refractivity contribution is -0.202. The van der Waals surface area contributed by atoms with Crippen molar-refractivity contribution in [3.8, 4) is 0 Å². The van der Waals surface area contributed by atoms with Gasteiger partial charge < -0.3 is 0 Å². The van der Waals surface area contributed by atoms with Crippen LogP contribution in [0.2, 0.25) is 0 Å². The lowest BCUT2D eigenvalue weighted by Crippen LogP contribution is -2.63. The topological polar surface area (TPSA) is 0 Å². The number of allylic oxidation sites excluding steroid dienone is 4. The molecule has 8 aliphatic carbocycles. The maximum Gasteiger partial charge on any atom is -0.00769 e. The fraction of sp³-hybridized carbons (Fsp3) is 0.846. The Morgan fingerprint density at radius 3 is 1.88 bits per heavy atom. The maximum atomic E-state index is 2.75. The molecule has 0 N–H and O–H groups in total. The van der Waals surface area contributed by atoms with Gasteiger partial charge in [0, 0.05) is 0 Å². The van der Waals surface area contributed by atoms with Gasteiger partial charge in [-0.1, -0.05) is 24.3 Å². The highest BCUT2D eigenvalue weighted by Crippen LogP contribution is 2.76. The molecule has 8 rings (SSSR count). The van der Waals surface area contributed by atoms with Crippen LogP contribution in [0, 0.1) is 51.8 Å². The molecule has 0 amide bonds. The first-order valence-electron chi connectivity index (χ1n) is 11.9. The molecule has 5 unspecified atom stereocenters. The van der Waals surface area contributed by atoms with Gasteiger partial charge in [0.15, 0.2) is 0 Å². The van der Waals surface area contributed by atoms with E-state index in [0.717, 1.165) is 35.5 Å². The molecule has 0 aromatic carbocycles. The summed E-state index contributed by atoms with van der Waals surface area (Å²) in [5.74, 6) is 6.32. The maximum absolute atomic E-state index is 2.75. The Morgan fingerprint density at radius 2 is 1.27 bits per heavy atom. The van der Waals surface area contributed by atoms with Crippen molar-refractivity contribution in [1.82, 2.24) is 0 Å². The van der Waals surface area contributed by atoms with Gasteiger partial charge in [-0.05, 0) is 136 Å². The molecule has 0 spiro atoms. The largest absolute Gasteiger partial charge is 0.0911 e. The molecule has 0 aromatic rings. The second-order valence-electron chi connectivity index (χ2n) is 12.0. The van der Waals surface area contributed by atoms with Crippen molar-refractivity contribution in [3.05, 3.63) is 24.3 Å². The second-order valence-corrected chi connectivity index (χ2v) is 12.0. The van der Waals surface area contributed by atoms with Crippen LogP contribution in [-0.2, 0) is 0 Å². The summed E-state index contributed by atoms with van der Waals surface area (Å²) in [6, 6.07) is 0. The minimum atomic E-state index is 0.588. The van der Waals surface area contributed by atoms with Crippen LogP contribution in [0.1, 0.15) is 84.5 Å². The van der Waals surface area contributed by atoms with Crippen LogP contribution < -0.4 is 0 Å². The predicted molar refractivity (Wildman–Crippen MR) is 109 cm³/mol. The first kappa shape index (κ1) is 16.4. The van der Waals surface area contributed by atoms with E-state index in [2.05, 4.69) is 38.2 Å². The molecule has 26 heavy (non-hydrogen) atoms. The van der Waals surface area contributed by atoms with E-state index in [-0.39, 0.29) is 0 Å². The summed E-state index contributed by atoms with van der Waals surface area (Å²) in [5, 5.41) is 0. The average Bonchev–Trinajstić information content (AvgIpc) is 2.51. The highest BCUT2D eigenvalue weighted by atomic mass is 14.7. The molecule has 0 heteroatoms. The monoisotopic (exact) mass is 350 g/mol. The molecule has 0 aliphatic heterocycles. The third-order valence-electron chi connectivity index (χ3n) is 10.2. The highest BCUT2D eigenvalue weighted by molar-refractivity contribution is 5.23. The lowest BCUT2D eigenvalue weighted by Gasteiger charge is -2.71. The Bertz CT molecular complexity index is 623.